The molecule has 0 aliphatic rings. The number of halogens is 4. The van der Waals surface area contributed by atoms with E-state index in [-0.39, 0.29) is 10.4 Å². The molecular formula is C13H12F4N2OS. The van der Waals surface area contributed by atoms with Crippen molar-refractivity contribution in [1.82, 2.24) is 10.3 Å². The minimum absolute atomic E-state index is 0.232. The van der Waals surface area contributed by atoms with E-state index in [4.69, 9.17) is 4.74 Å². The lowest BCUT2D eigenvalue weighted by atomic mass is 10.1. The number of hydrogen-bond donors (Lipinski definition) is 1. The first-order valence-corrected chi connectivity index (χ1v) is 6.72. The molecule has 21 heavy (non-hydrogen) atoms. The van der Waals surface area contributed by atoms with Crippen molar-refractivity contribution in [1.29, 1.82) is 0 Å². The lowest BCUT2D eigenvalue weighted by Gasteiger charge is -2.16. The van der Waals surface area contributed by atoms with Crippen molar-refractivity contribution in [2.75, 3.05) is 14.2 Å². The molecule has 114 valence electrons. The Labute approximate surface area is 122 Å². The fraction of sp³-hybridized carbons (Fsp3) is 0.308. The molecule has 2 rings (SSSR count). The van der Waals surface area contributed by atoms with Crippen LogP contribution in [-0.4, -0.2) is 19.1 Å². The second-order valence-corrected chi connectivity index (χ2v) is 5.24. The van der Waals surface area contributed by atoms with E-state index in [2.05, 4.69) is 10.3 Å². The van der Waals surface area contributed by atoms with E-state index in [0.717, 1.165) is 6.20 Å². The molecule has 1 heterocycles. The molecule has 0 saturated carbocycles. The fourth-order valence-corrected chi connectivity index (χ4v) is 2.78. The molecule has 0 spiro atoms. The van der Waals surface area contributed by atoms with Crippen LogP contribution < -0.4 is 10.1 Å². The number of nitrogens with one attached hydrogen (secondary N) is 1. The van der Waals surface area contributed by atoms with Gasteiger partial charge in [-0.05, 0) is 13.1 Å². The van der Waals surface area contributed by atoms with Gasteiger partial charge in [0.25, 0.3) is 0 Å². The smallest absolute Gasteiger partial charge is 0.443 e. The van der Waals surface area contributed by atoms with Gasteiger partial charge < -0.3 is 10.1 Å². The molecular weight excluding hydrogens is 308 g/mol. The molecule has 0 aliphatic heterocycles. The van der Waals surface area contributed by atoms with Crippen LogP contribution in [0, 0.1) is 5.82 Å². The number of rotatable bonds is 4. The lowest BCUT2D eigenvalue weighted by molar-refractivity contribution is -0.137. The Morgan fingerprint density at radius 2 is 2.05 bits per heavy atom. The minimum Gasteiger partial charge on any atom is -0.497 e. The van der Waals surface area contributed by atoms with Gasteiger partial charge in [0.15, 0.2) is 5.01 Å². The van der Waals surface area contributed by atoms with Crippen molar-refractivity contribution in [2.45, 2.75) is 12.2 Å². The predicted octanol–water partition coefficient (Wildman–Crippen LogP) is 3.62. The predicted molar refractivity (Wildman–Crippen MR) is 71.0 cm³/mol. The van der Waals surface area contributed by atoms with Crippen LogP contribution in [0.1, 0.15) is 21.5 Å². The van der Waals surface area contributed by atoms with Crippen LogP contribution in [0.5, 0.6) is 5.75 Å². The number of hydrogen-bond acceptors (Lipinski definition) is 4. The second-order valence-electron chi connectivity index (χ2n) is 4.17. The highest BCUT2D eigenvalue weighted by Crippen LogP contribution is 2.36. The highest BCUT2D eigenvalue weighted by Gasteiger charge is 2.35. The van der Waals surface area contributed by atoms with Crippen molar-refractivity contribution in [3.63, 3.8) is 0 Å². The van der Waals surface area contributed by atoms with E-state index in [1.807, 2.05) is 0 Å². The Hall–Kier alpha value is -1.67. The maximum Gasteiger partial charge on any atom is 0.443 e. The molecule has 1 aromatic heterocycles. The normalized spacial score (nSPS) is 13.2. The molecule has 0 aliphatic carbocycles. The van der Waals surface area contributed by atoms with Gasteiger partial charge in [-0.1, -0.05) is 6.07 Å². The summed E-state index contributed by atoms with van der Waals surface area (Å²) in [6.07, 6.45) is -3.39. The SMILES string of the molecule is CNC(c1cnc(C(F)(F)F)s1)c1ccc(OC)cc1F. The average Bonchev–Trinajstić information content (AvgIpc) is 2.91. The van der Waals surface area contributed by atoms with Crippen molar-refractivity contribution in [2.24, 2.45) is 0 Å². The quantitative estimate of drug-likeness (QED) is 0.874. The summed E-state index contributed by atoms with van der Waals surface area (Å²) in [6.45, 7) is 0. The van der Waals surface area contributed by atoms with Crippen molar-refractivity contribution in [3.8, 4) is 5.75 Å². The third-order valence-corrected chi connectivity index (χ3v) is 3.96. The minimum atomic E-state index is -4.50. The van der Waals surface area contributed by atoms with Gasteiger partial charge in [0.05, 0.1) is 13.2 Å². The fourth-order valence-electron chi connectivity index (χ4n) is 1.87. The van der Waals surface area contributed by atoms with Crippen LogP contribution >= 0.6 is 11.3 Å². The van der Waals surface area contributed by atoms with Crippen LogP contribution in [-0.2, 0) is 6.18 Å². The van der Waals surface area contributed by atoms with Crippen molar-refractivity contribution in [3.05, 3.63) is 45.7 Å². The molecule has 3 nitrogen and oxygen atoms in total. The highest BCUT2D eigenvalue weighted by molar-refractivity contribution is 7.11. The van der Waals surface area contributed by atoms with E-state index in [1.165, 1.54) is 19.2 Å². The largest absolute Gasteiger partial charge is 0.497 e. The van der Waals surface area contributed by atoms with E-state index >= 15 is 0 Å². The topological polar surface area (TPSA) is 34.2 Å². The lowest BCUT2D eigenvalue weighted by Crippen LogP contribution is -2.18. The summed E-state index contributed by atoms with van der Waals surface area (Å²) < 4.78 is 56.7. The number of nitrogens with zero attached hydrogens (tertiary/aromatic N) is 1. The van der Waals surface area contributed by atoms with Gasteiger partial charge in [0.2, 0.25) is 0 Å². The van der Waals surface area contributed by atoms with Gasteiger partial charge in [-0.25, -0.2) is 9.37 Å². The van der Waals surface area contributed by atoms with Crippen LogP contribution in [0.25, 0.3) is 0 Å². The first-order chi connectivity index (χ1) is 9.86. The summed E-state index contributed by atoms with van der Waals surface area (Å²) in [7, 11) is 2.95. The Bertz CT molecular complexity index is 627. The van der Waals surface area contributed by atoms with Crippen LogP contribution in [0.2, 0.25) is 0 Å². The molecule has 8 heteroatoms. The number of methoxy groups -OCH3 is 1. The average molecular weight is 320 g/mol. The van der Waals surface area contributed by atoms with Gasteiger partial charge in [-0.2, -0.15) is 13.2 Å². The molecule has 1 atom stereocenters. The zero-order chi connectivity index (χ0) is 15.6. The first kappa shape index (κ1) is 15.7. The van der Waals surface area contributed by atoms with E-state index in [0.29, 0.717) is 17.1 Å². The van der Waals surface area contributed by atoms with Crippen LogP contribution in [0.3, 0.4) is 0 Å². The number of alkyl halides is 3. The Kier molecular flexibility index (Phi) is 4.48. The first-order valence-electron chi connectivity index (χ1n) is 5.90. The van der Waals surface area contributed by atoms with Crippen molar-refractivity contribution < 1.29 is 22.3 Å². The monoisotopic (exact) mass is 320 g/mol. The zero-order valence-corrected chi connectivity index (χ0v) is 12.0. The van der Waals surface area contributed by atoms with E-state index in [9.17, 15) is 17.6 Å². The summed E-state index contributed by atoms with van der Waals surface area (Å²) in [4.78, 5) is 3.64. The maximum absolute atomic E-state index is 14.0. The summed E-state index contributed by atoms with van der Waals surface area (Å²) in [5.74, 6) is -0.220. The Balaban J connectivity index is 2.38. The summed E-state index contributed by atoms with van der Waals surface area (Å²) in [6, 6.07) is 3.51. The van der Waals surface area contributed by atoms with E-state index < -0.39 is 23.0 Å². The number of ether oxygens (including phenoxy) is 1. The van der Waals surface area contributed by atoms with Crippen molar-refractivity contribution >= 4 is 11.3 Å². The third kappa shape index (κ3) is 3.33. The zero-order valence-electron chi connectivity index (χ0n) is 11.2. The van der Waals surface area contributed by atoms with Crippen LogP contribution in [0.15, 0.2) is 24.4 Å². The molecule has 1 N–H and O–H groups in total. The van der Waals surface area contributed by atoms with Gasteiger partial charge >= 0.3 is 6.18 Å². The van der Waals surface area contributed by atoms with E-state index in [1.54, 1.807) is 13.1 Å². The van der Waals surface area contributed by atoms with Gasteiger partial charge in [0, 0.05) is 22.7 Å². The summed E-state index contributed by atoms with van der Waals surface area (Å²) >= 11 is 0.489. The maximum atomic E-state index is 14.0. The molecule has 1 unspecified atom stereocenters. The number of aromatic nitrogens is 1. The molecule has 0 saturated heterocycles. The van der Waals surface area contributed by atoms with Gasteiger partial charge in [-0.15, -0.1) is 11.3 Å². The standard InChI is InChI=1S/C13H12F4N2OS/c1-18-11(8-4-3-7(20-2)5-9(8)14)10-6-19-12(21-10)13(15,16)17/h3-6,11,18H,1-2H3. The Morgan fingerprint density at radius 1 is 1.33 bits per heavy atom. The van der Waals surface area contributed by atoms with Gasteiger partial charge in [-0.3, -0.25) is 0 Å². The number of benzene rings is 1. The Morgan fingerprint density at radius 3 is 2.52 bits per heavy atom. The molecule has 0 fully saturated rings. The molecule has 2 aromatic rings. The highest BCUT2D eigenvalue weighted by atomic mass is 32.1. The summed E-state index contributed by atoms with van der Waals surface area (Å²) in [5, 5.41) is 1.85. The summed E-state index contributed by atoms with van der Waals surface area (Å²) in [5.41, 5.74) is 0.232. The molecule has 0 radical (unpaired) electrons. The van der Waals surface area contributed by atoms with Crippen LogP contribution in [0.4, 0.5) is 17.6 Å². The molecule has 1 aromatic carbocycles. The molecule has 0 bridgehead atoms. The third-order valence-electron chi connectivity index (χ3n) is 2.86. The molecule has 0 amide bonds. The number of thiazole rings is 1. The second kappa shape index (κ2) is 5.98. The van der Waals surface area contributed by atoms with Gasteiger partial charge in [0.1, 0.15) is 11.6 Å².